The molecule has 0 amide bonds. The van der Waals surface area contributed by atoms with E-state index in [0.29, 0.717) is 15.6 Å². The summed E-state index contributed by atoms with van der Waals surface area (Å²) in [5.74, 6) is -0.892. The van der Waals surface area contributed by atoms with Crippen molar-refractivity contribution in [2.45, 2.75) is 6.61 Å². The van der Waals surface area contributed by atoms with Crippen LogP contribution in [-0.4, -0.2) is 28.1 Å². The number of hydrogen-bond donors (Lipinski definition) is 2. The third-order valence-electron chi connectivity index (χ3n) is 3.09. The Bertz CT molecular complexity index is 779. The Morgan fingerprint density at radius 2 is 1.83 bits per heavy atom. The molecule has 7 nitrogen and oxygen atoms in total. The van der Waals surface area contributed by atoms with Crippen molar-refractivity contribution < 1.29 is 24.5 Å². The van der Waals surface area contributed by atoms with Crippen molar-refractivity contribution in [3.05, 3.63) is 67.7 Å². The minimum absolute atomic E-state index is 0.199. The molecule has 0 fully saturated rings. The average Bonchev–Trinajstić information content (AvgIpc) is 2.53. The zero-order valence-corrected chi connectivity index (χ0v) is 13.5. The lowest BCUT2D eigenvalue weighted by Crippen LogP contribution is -2.30. The maximum atomic E-state index is 12.1. The second-order valence-corrected chi connectivity index (χ2v) is 5.53. The van der Waals surface area contributed by atoms with Crippen molar-refractivity contribution in [3.63, 3.8) is 0 Å². The fraction of sp³-hybridized carbons (Fsp3) is 0.0714. The van der Waals surface area contributed by atoms with Crippen molar-refractivity contribution in [2.75, 3.05) is 0 Å². The topological polar surface area (TPSA) is 110 Å². The number of nitro benzene ring substituents is 1. The average molecular weight is 370 g/mol. The number of rotatable bonds is 5. The van der Waals surface area contributed by atoms with Gasteiger partial charge in [0.1, 0.15) is 6.61 Å². The van der Waals surface area contributed by atoms with E-state index in [1.165, 1.54) is 0 Å². The lowest BCUT2D eigenvalue weighted by molar-refractivity contribution is -0.384. The molecule has 0 saturated heterocycles. The van der Waals surface area contributed by atoms with E-state index >= 15 is 0 Å². The molecule has 0 aliphatic heterocycles. The molecule has 0 bridgehead atoms. The van der Waals surface area contributed by atoms with Gasteiger partial charge in [-0.15, -0.1) is 0 Å². The lowest BCUT2D eigenvalue weighted by Gasteiger charge is -2.09. The summed E-state index contributed by atoms with van der Waals surface area (Å²) in [6.07, 6.45) is 0. The molecule has 2 aromatic carbocycles. The summed E-state index contributed by atoms with van der Waals surface area (Å²) in [4.78, 5) is 22.2. The molecule has 124 valence electrons. The van der Waals surface area contributed by atoms with Crippen molar-refractivity contribution in [1.29, 1.82) is 0 Å². The summed E-state index contributed by atoms with van der Waals surface area (Å²) < 4.78 is 5.05. The fourth-order valence-corrected chi connectivity index (χ4v) is 2.40. The van der Waals surface area contributed by atoms with E-state index in [2.05, 4.69) is 0 Å². The molecule has 0 aromatic heterocycles. The van der Waals surface area contributed by atoms with E-state index in [1.54, 1.807) is 18.2 Å². The van der Waals surface area contributed by atoms with Crippen molar-refractivity contribution in [3.8, 4) is 0 Å². The molecule has 2 aromatic rings. The van der Waals surface area contributed by atoms with Crippen molar-refractivity contribution in [1.82, 2.24) is 0 Å². The first-order valence-electron chi connectivity index (χ1n) is 6.55. The first kappa shape index (κ1) is 18.2. The molecule has 0 saturated carbocycles. The van der Waals surface area contributed by atoms with Crippen LogP contribution in [0.3, 0.4) is 0 Å². The summed E-state index contributed by atoms with van der Waals surface area (Å²) in [5, 5.41) is 29.8. The normalized spacial score (nSPS) is 10.3. The Labute approximate surface area is 146 Å². The molecule has 0 unspecified atom stereocenters. The van der Waals surface area contributed by atoms with E-state index in [0.717, 1.165) is 18.2 Å². The predicted octanol–water partition coefficient (Wildman–Crippen LogP) is 1.94. The van der Waals surface area contributed by atoms with Crippen LogP contribution in [0.4, 0.5) is 5.69 Å². The number of nitro groups is 1. The quantitative estimate of drug-likeness (QED) is 0.360. The van der Waals surface area contributed by atoms with Gasteiger partial charge in [-0.25, -0.2) is 4.79 Å². The fourth-order valence-electron chi connectivity index (χ4n) is 1.90. The third-order valence-corrected chi connectivity index (χ3v) is 3.80. The number of carbonyl (C=O) groups is 1. The van der Waals surface area contributed by atoms with E-state index in [1.807, 2.05) is 0 Å². The number of non-ortho nitro benzene ring substituents is 1. The molecule has 0 radical (unpaired) electrons. The number of esters is 1. The molecular weight excluding hydrogens is 360 g/mol. The number of halogens is 2. The van der Waals surface area contributed by atoms with Gasteiger partial charge >= 0.3 is 13.1 Å². The van der Waals surface area contributed by atoms with Crippen LogP contribution in [0, 0.1) is 10.1 Å². The van der Waals surface area contributed by atoms with E-state index in [-0.39, 0.29) is 17.6 Å². The molecule has 2 rings (SSSR count). The molecule has 24 heavy (non-hydrogen) atoms. The van der Waals surface area contributed by atoms with Gasteiger partial charge in [0, 0.05) is 27.7 Å². The highest BCUT2D eigenvalue weighted by atomic mass is 35.5. The number of hydrogen-bond acceptors (Lipinski definition) is 6. The Kier molecular flexibility index (Phi) is 5.79. The molecule has 0 atom stereocenters. The van der Waals surface area contributed by atoms with Crippen LogP contribution in [0.2, 0.25) is 10.0 Å². The molecule has 0 heterocycles. The SMILES string of the molecule is O=C(OCc1c(Cl)cccc1Cl)c1cc(B(O)O)cc([N+](=O)[O-])c1. The summed E-state index contributed by atoms with van der Waals surface area (Å²) in [7, 11) is -1.96. The van der Waals surface area contributed by atoms with Crippen LogP contribution >= 0.6 is 23.2 Å². The summed E-state index contributed by atoms with van der Waals surface area (Å²) in [6.45, 7) is -0.239. The van der Waals surface area contributed by atoms with Crippen LogP contribution < -0.4 is 5.46 Å². The molecule has 0 aliphatic rings. The molecule has 2 N–H and O–H groups in total. The van der Waals surface area contributed by atoms with Crippen LogP contribution in [0.5, 0.6) is 0 Å². The second kappa shape index (κ2) is 7.63. The van der Waals surface area contributed by atoms with Gasteiger partial charge in [0.15, 0.2) is 0 Å². The van der Waals surface area contributed by atoms with Gasteiger partial charge in [0.2, 0.25) is 0 Å². The van der Waals surface area contributed by atoms with E-state index in [9.17, 15) is 14.9 Å². The summed E-state index contributed by atoms with van der Waals surface area (Å²) >= 11 is 11.9. The molecule has 10 heteroatoms. The van der Waals surface area contributed by atoms with Gasteiger partial charge in [-0.05, 0) is 23.7 Å². The Hall–Kier alpha value is -2.13. The Balaban J connectivity index is 2.25. The largest absolute Gasteiger partial charge is 0.488 e. The zero-order valence-electron chi connectivity index (χ0n) is 12.0. The van der Waals surface area contributed by atoms with E-state index in [4.69, 9.17) is 38.0 Å². The third kappa shape index (κ3) is 4.24. The van der Waals surface area contributed by atoms with Crippen molar-refractivity contribution in [2.24, 2.45) is 0 Å². The van der Waals surface area contributed by atoms with Gasteiger partial charge in [-0.2, -0.15) is 0 Å². The predicted molar refractivity (Wildman–Crippen MR) is 88.5 cm³/mol. The lowest BCUT2D eigenvalue weighted by atomic mass is 9.79. The minimum atomic E-state index is -1.96. The highest BCUT2D eigenvalue weighted by molar-refractivity contribution is 6.58. The number of benzene rings is 2. The Morgan fingerprint density at radius 1 is 1.21 bits per heavy atom. The maximum Gasteiger partial charge on any atom is 0.488 e. The number of nitrogens with zero attached hydrogens (tertiary/aromatic N) is 1. The van der Waals surface area contributed by atoms with Gasteiger partial charge in [0.05, 0.1) is 10.5 Å². The minimum Gasteiger partial charge on any atom is -0.457 e. The standard InChI is InChI=1S/C14H10BCl2NO6/c16-12-2-1-3-13(17)11(12)7-24-14(19)8-4-9(15(20)21)6-10(5-8)18(22)23/h1-6,20-21H,7H2. The van der Waals surface area contributed by atoms with Crippen LogP contribution in [0.15, 0.2) is 36.4 Å². The first-order chi connectivity index (χ1) is 11.3. The summed E-state index contributed by atoms with van der Waals surface area (Å²) in [5.41, 5.74) is -0.479. The maximum absolute atomic E-state index is 12.1. The van der Waals surface area contributed by atoms with Gasteiger partial charge in [-0.3, -0.25) is 10.1 Å². The van der Waals surface area contributed by atoms with Crippen molar-refractivity contribution >= 4 is 47.4 Å². The summed E-state index contributed by atoms with van der Waals surface area (Å²) in [6, 6.07) is 7.79. The highest BCUT2D eigenvalue weighted by Gasteiger charge is 2.21. The number of carbonyl (C=O) groups excluding carboxylic acids is 1. The van der Waals surface area contributed by atoms with Gasteiger partial charge in [0.25, 0.3) is 5.69 Å². The zero-order chi connectivity index (χ0) is 17.9. The highest BCUT2D eigenvalue weighted by Crippen LogP contribution is 2.25. The second-order valence-electron chi connectivity index (χ2n) is 4.72. The van der Waals surface area contributed by atoms with Gasteiger partial charge in [-0.1, -0.05) is 29.3 Å². The number of ether oxygens (including phenoxy) is 1. The van der Waals surface area contributed by atoms with Crippen LogP contribution in [0.25, 0.3) is 0 Å². The smallest absolute Gasteiger partial charge is 0.457 e. The molecule has 0 aliphatic carbocycles. The van der Waals surface area contributed by atoms with Crippen LogP contribution in [0.1, 0.15) is 15.9 Å². The molecular formula is C14H10BCl2NO6. The molecule has 0 spiro atoms. The van der Waals surface area contributed by atoms with Crippen LogP contribution in [-0.2, 0) is 11.3 Å². The van der Waals surface area contributed by atoms with Gasteiger partial charge < -0.3 is 14.8 Å². The Morgan fingerprint density at radius 3 is 2.38 bits per heavy atom. The van der Waals surface area contributed by atoms with E-state index < -0.39 is 23.7 Å². The monoisotopic (exact) mass is 369 g/mol. The first-order valence-corrected chi connectivity index (χ1v) is 7.30.